The van der Waals surface area contributed by atoms with Crippen LogP contribution in [0.3, 0.4) is 0 Å². The molecule has 2 aromatic rings. The minimum Gasteiger partial charge on any atom is -0.465 e. The highest BCUT2D eigenvalue weighted by atomic mass is 32.2. The van der Waals surface area contributed by atoms with Gasteiger partial charge in [-0.05, 0) is 30.6 Å². The molecular formula is C15H12O2S2. The third kappa shape index (κ3) is 2.33. The second-order valence-corrected chi connectivity index (χ2v) is 5.54. The molecule has 0 fully saturated rings. The van der Waals surface area contributed by atoms with E-state index in [1.165, 1.54) is 11.8 Å². The van der Waals surface area contributed by atoms with Gasteiger partial charge in [-0.2, -0.15) is 0 Å². The fourth-order valence-electron chi connectivity index (χ4n) is 2.14. The van der Waals surface area contributed by atoms with Gasteiger partial charge in [-0.25, -0.2) is 0 Å². The van der Waals surface area contributed by atoms with Gasteiger partial charge in [-0.1, -0.05) is 48.2 Å². The predicted molar refractivity (Wildman–Crippen MR) is 82.0 cm³/mol. The van der Waals surface area contributed by atoms with Crippen molar-refractivity contribution in [1.29, 1.82) is 0 Å². The fourth-order valence-corrected chi connectivity index (χ4v) is 2.43. The number of ether oxygens (including phenoxy) is 2. The molecule has 0 saturated heterocycles. The molecule has 0 unspecified atom stereocenters. The summed E-state index contributed by atoms with van der Waals surface area (Å²) in [7, 11) is 0. The molecule has 4 heteroatoms. The molecule has 1 aliphatic rings. The molecule has 1 heterocycles. The van der Waals surface area contributed by atoms with Gasteiger partial charge in [0, 0.05) is 11.1 Å². The smallest absolute Gasteiger partial charge is 0.220 e. The minimum atomic E-state index is -0.193. The number of hydrogen-bond donors (Lipinski definition) is 0. The summed E-state index contributed by atoms with van der Waals surface area (Å²) in [5, 5.41) is 0. The van der Waals surface area contributed by atoms with Gasteiger partial charge in [0.05, 0.1) is 0 Å². The third-order valence-corrected chi connectivity index (χ3v) is 4.03. The van der Waals surface area contributed by atoms with Crippen LogP contribution in [0.25, 0.3) is 0 Å². The Morgan fingerprint density at radius 3 is 2.11 bits per heavy atom. The van der Waals surface area contributed by atoms with Gasteiger partial charge in [0.1, 0.15) is 11.5 Å². The van der Waals surface area contributed by atoms with E-state index in [4.69, 9.17) is 21.7 Å². The third-order valence-electron chi connectivity index (χ3n) is 3.00. The van der Waals surface area contributed by atoms with E-state index in [-0.39, 0.29) is 6.10 Å². The Morgan fingerprint density at radius 2 is 1.58 bits per heavy atom. The first kappa shape index (κ1) is 12.5. The molecule has 0 spiro atoms. The Hall–Kier alpha value is -1.52. The lowest BCUT2D eigenvalue weighted by Gasteiger charge is -2.28. The molecule has 19 heavy (non-hydrogen) atoms. The van der Waals surface area contributed by atoms with Crippen LogP contribution in [0.2, 0.25) is 0 Å². The van der Waals surface area contributed by atoms with Crippen molar-refractivity contribution in [3.05, 3.63) is 59.7 Å². The van der Waals surface area contributed by atoms with Crippen molar-refractivity contribution < 1.29 is 9.47 Å². The van der Waals surface area contributed by atoms with Crippen LogP contribution in [0.1, 0.15) is 17.2 Å². The number of para-hydroxylation sites is 2. The highest BCUT2D eigenvalue weighted by molar-refractivity contribution is 8.22. The quantitative estimate of drug-likeness (QED) is 0.716. The maximum Gasteiger partial charge on any atom is 0.220 e. The molecule has 3 rings (SSSR count). The fraction of sp³-hybridized carbons (Fsp3) is 0.133. The molecule has 0 aliphatic carbocycles. The summed E-state index contributed by atoms with van der Waals surface area (Å²) in [4.78, 5) is 0. The molecule has 2 aromatic carbocycles. The zero-order valence-corrected chi connectivity index (χ0v) is 12.0. The largest absolute Gasteiger partial charge is 0.465 e. The monoisotopic (exact) mass is 288 g/mol. The summed E-state index contributed by atoms with van der Waals surface area (Å²) in [6, 6.07) is 15.8. The lowest BCUT2D eigenvalue weighted by molar-refractivity contribution is 0.228. The average Bonchev–Trinajstić information content (AvgIpc) is 2.46. The van der Waals surface area contributed by atoms with Crippen LogP contribution in [0.5, 0.6) is 11.5 Å². The van der Waals surface area contributed by atoms with Crippen LogP contribution in [-0.4, -0.2) is 10.6 Å². The molecule has 0 atom stereocenters. The molecule has 96 valence electrons. The van der Waals surface area contributed by atoms with Gasteiger partial charge >= 0.3 is 0 Å². The zero-order valence-electron chi connectivity index (χ0n) is 10.3. The molecule has 0 N–H and O–H groups in total. The van der Waals surface area contributed by atoms with Gasteiger partial charge in [0.15, 0.2) is 6.10 Å². The predicted octanol–water partition coefficient (Wildman–Crippen LogP) is 4.55. The van der Waals surface area contributed by atoms with Crippen molar-refractivity contribution in [2.45, 2.75) is 6.10 Å². The Bertz CT molecular complexity index is 580. The maximum atomic E-state index is 5.91. The minimum absolute atomic E-state index is 0.193. The number of fused-ring (bicyclic) bond motifs is 2. The highest BCUT2D eigenvalue weighted by Gasteiger charge is 2.28. The van der Waals surface area contributed by atoms with Gasteiger partial charge in [-0.3, -0.25) is 0 Å². The lowest BCUT2D eigenvalue weighted by atomic mass is 9.97. The van der Waals surface area contributed by atoms with E-state index in [9.17, 15) is 0 Å². The number of thioether (sulfide) groups is 1. The summed E-state index contributed by atoms with van der Waals surface area (Å²) < 4.78 is 12.3. The summed E-state index contributed by atoms with van der Waals surface area (Å²) >= 11 is 6.63. The van der Waals surface area contributed by atoms with E-state index < -0.39 is 0 Å². The van der Waals surface area contributed by atoms with Crippen LogP contribution in [0, 0.1) is 0 Å². The maximum absolute atomic E-state index is 5.91. The summed E-state index contributed by atoms with van der Waals surface area (Å²) in [6.45, 7) is 0. The lowest BCUT2D eigenvalue weighted by Crippen LogP contribution is -2.14. The molecule has 0 bridgehead atoms. The number of benzene rings is 2. The molecule has 2 nitrogen and oxygen atoms in total. The first-order valence-electron chi connectivity index (χ1n) is 5.90. The van der Waals surface area contributed by atoms with Crippen molar-refractivity contribution in [2.75, 3.05) is 6.26 Å². The second kappa shape index (κ2) is 5.23. The Labute approximate surface area is 121 Å². The number of rotatable bonds is 1. The zero-order chi connectivity index (χ0) is 13.2. The summed E-state index contributed by atoms with van der Waals surface area (Å²) in [5.74, 6) is 1.66. The first-order chi connectivity index (χ1) is 9.29. The Balaban J connectivity index is 2.08. The first-order valence-corrected chi connectivity index (χ1v) is 7.53. The molecular weight excluding hydrogens is 276 g/mol. The molecule has 1 aliphatic heterocycles. The standard InChI is InChI=1S/C15H12O2S2/c1-19-15(18)17-14-10-6-2-4-8-12(10)16-13-9-5-3-7-11(13)14/h2-9,14H,1H3. The normalized spacial score (nSPS) is 13.1. The highest BCUT2D eigenvalue weighted by Crippen LogP contribution is 2.44. The molecule has 0 amide bonds. The van der Waals surface area contributed by atoms with Crippen LogP contribution < -0.4 is 4.74 Å². The van der Waals surface area contributed by atoms with E-state index in [0.717, 1.165) is 22.6 Å². The molecule has 0 radical (unpaired) electrons. The van der Waals surface area contributed by atoms with E-state index in [0.29, 0.717) is 4.38 Å². The SMILES string of the molecule is CSC(=S)OC1c2ccccc2Oc2ccccc21. The number of thiocarbonyl (C=S) groups is 1. The summed E-state index contributed by atoms with van der Waals surface area (Å²) in [5.41, 5.74) is 2.02. The van der Waals surface area contributed by atoms with Crippen molar-refractivity contribution in [2.24, 2.45) is 0 Å². The Kier molecular flexibility index (Phi) is 3.44. The van der Waals surface area contributed by atoms with Crippen LogP contribution in [0.15, 0.2) is 48.5 Å². The molecule has 0 saturated carbocycles. The van der Waals surface area contributed by atoms with Gasteiger partial charge in [0.2, 0.25) is 4.38 Å². The summed E-state index contributed by atoms with van der Waals surface area (Å²) in [6.07, 6.45) is 1.72. The van der Waals surface area contributed by atoms with E-state index in [1.54, 1.807) is 0 Å². The van der Waals surface area contributed by atoms with Crippen LogP contribution in [0.4, 0.5) is 0 Å². The van der Waals surface area contributed by atoms with Crippen molar-refractivity contribution in [3.63, 3.8) is 0 Å². The average molecular weight is 288 g/mol. The van der Waals surface area contributed by atoms with Gasteiger partial charge < -0.3 is 9.47 Å². The van der Waals surface area contributed by atoms with E-state index >= 15 is 0 Å². The molecule has 0 aromatic heterocycles. The number of hydrogen-bond acceptors (Lipinski definition) is 4. The van der Waals surface area contributed by atoms with E-state index in [1.807, 2.05) is 54.8 Å². The van der Waals surface area contributed by atoms with Crippen molar-refractivity contribution >= 4 is 28.4 Å². The van der Waals surface area contributed by atoms with Crippen LogP contribution >= 0.6 is 24.0 Å². The van der Waals surface area contributed by atoms with Crippen LogP contribution in [-0.2, 0) is 4.74 Å². The van der Waals surface area contributed by atoms with Crippen molar-refractivity contribution in [1.82, 2.24) is 0 Å². The Morgan fingerprint density at radius 1 is 1.05 bits per heavy atom. The topological polar surface area (TPSA) is 18.5 Å². The van der Waals surface area contributed by atoms with Gasteiger partial charge in [0.25, 0.3) is 0 Å². The second-order valence-electron chi connectivity index (χ2n) is 4.13. The van der Waals surface area contributed by atoms with Gasteiger partial charge in [-0.15, -0.1) is 0 Å². The van der Waals surface area contributed by atoms with Crippen molar-refractivity contribution in [3.8, 4) is 11.5 Å². The van der Waals surface area contributed by atoms with E-state index in [2.05, 4.69) is 0 Å².